The number of piperidine rings is 1. The number of pyridine rings is 1. The maximum absolute atomic E-state index is 12.7. The number of ether oxygens (including phenoxy) is 1. The highest BCUT2D eigenvalue weighted by Gasteiger charge is 2.46. The van der Waals surface area contributed by atoms with Crippen LogP contribution in [0.2, 0.25) is 0 Å². The smallest absolute Gasteiger partial charge is 0.372 e. The predicted molar refractivity (Wildman–Crippen MR) is 83.1 cm³/mol. The lowest BCUT2D eigenvalue weighted by atomic mass is 10.0. The molecular weight excluding hydrogens is 337 g/mol. The number of carbonyl (C=O) groups excluding carboxylic acids is 1. The summed E-state index contributed by atoms with van der Waals surface area (Å²) in [7, 11) is 0. The van der Waals surface area contributed by atoms with E-state index in [0.717, 1.165) is 18.4 Å². The maximum Gasteiger partial charge on any atom is 0.405 e. The van der Waals surface area contributed by atoms with Gasteiger partial charge in [0.15, 0.2) is 0 Å². The van der Waals surface area contributed by atoms with Crippen molar-refractivity contribution in [3.63, 3.8) is 0 Å². The second-order valence-electron chi connectivity index (χ2n) is 6.39. The van der Waals surface area contributed by atoms with Gasteiger partial charge in [0.1, 0.15) is 12.1 Å². The number of rotatable bonds is 4. The van der Waals surface area contributed by atoms with E-state index in [1.165, 1.54) is 0 Å². The van der Waals surface area contributed by atoms with Crippen LogP contribution in [0.25, 0.3) is 0 Å². The molecule has 3 unspecified atom stereocenters. The Hall–Kier alpha value is -1.71. The van der Waals surface area contributed by atoms with Gasteiger partial charge < -0.3 is 9.64 Å². The lowest BCUT2D eigenvalue weighted by Crippen LogP contribution is -2.50. The molecule has 0 aliphatic carbocycles. The third-order valence-electron chi connectivity index (χ3n) is 4.49. The van der Waals surface area contributed by atoms with Crippen LogP contribution in [0.15, 0.2) is 24.5 Å². The molecule has 0 aromatic carbocycles. The number of nitrogens with one attached hydrogen (secondary N) is 2. The Morgan fingerprint density at radius 2 is 2.24 bits per heavy atom. The number of halogens is 3. The molecule has 2 saturated heterocycles. The van der Waals surface area contributed by atoms with Crippen molar-refractivity contribution in [1.82, 2.24) is 20.7 Å². The van der Waals surface area contributed by atoms with E-state index in [1.807, 2.05) is 12.1 Å². The van der Waals surface area contributed by atoms with Gasteiger partial charge in [0.25, 0.3) is 0 Å². The van der Waals surface area contributed by atoms with Gasteiger partial charge in [-0.2, -0.15) is 13.2 Å². The topological polar surface area (TPSA) is 66.5 Å². The Labute approximate surface area is 143 Å². The number of hydrogen-bond donors (Lipinski definition) is 2. The third kappa shape index (κ3) is 4.68. The fourth-order valence-electron chi connectivity index (χ4n) is 3.13. The van der Waals surface area contributed by atoms with E-state index >= 15 is 0 Å². The number of hydrazine groups is 1. The molecule has 0 bridgehead atoms. The molecule has 2 fully saturated rings. The summed E-state index contributed by atoms with van der Waals surface area (Å²) in [4.78, 5) is 18.1. The van der Waals surface area contributed by atoms with Crippen LogP contribution in [-0.2, 0) is 16.1 Å². The highest BCUT2D eigenvalue weighted by atomic mass is 19.4. The summed E-state index contributed by atoms with van der Waals surface area (Å²) in [5, 5.41) is 0. The van der Waals surface area contributed by atoms with Gasteiger partial charge in [-0.15, -0.1) is 0 Å². The molecule has 138 valence electrons. The number of aromatic nitrogens is 1. The number of nitrogens with zero attached hydrogens (tertiary/aromatic N) is 2. The fraction of sp³-hybridized carbons (Fsp3) is 0.625. The van der Waals surface area contributed by atoms with Gasteiger partial charge >= 0.3 is 6.18 Å². The van der Waals surface area contributed by atoms with Crippen LogP contribution >= 0.6 is 0 Å². The van der Waals surface area contributed by atoms with Gasteiger partial charge in [0.05, 0.1) is 12.7 Å². The second kappa shape index (κ2) is 7.67. The minimum absolute atomic E-state index is 0.120. The molecule has 0 saturated carbocycles. The van der Waals surface area contributed by atoms with Crippen molar-refractivity contribution in [2.45, 2.75) is 50.2 Å². The SMILES string of the molecule is O=C(C1CC(C(F)(F)F)NN1)N1CCCC(OCc2cccnc2)C1. The minimum atomic E-state index is -4.36. The molecule has 1 aromatic heterocycles. The van der Waals surface area contributed by atoms with Crippen molar-refractivity contribution in [2.75, 3.05) is 13.1 Å². The molecule has 25 heavy (non-hydrogen) atoms. The van der Waals surface area contributed by atoms with Crippen LogP contribution in [0, 0.1) is 0 Å². The normalized spacial score (nSPS) is 27.5. The van der Waals surface area contributed by atoms with Gasteiger partial charge in [-0.3, -0.25) is 9.78 Å². The molecule has 3 rings (SSSR count). The molecule has 6 nitrogen and oxygen atoms in total. The van der Waals surface area contributed by atoms with Crippen LogP contribution in [0.1, 0.15) is 24.8 Å². The van der Waals surface area contributed by atoms with Crippen molar-refractivity contribution in [3.8, 4) is 0 Å². The van der Waals surface area contributed by atoms with E-state index in [2.05, 4.69) is 15.8 Å². The molecule has 2 N–H and O–H groups in total. The molecule has 1 amide bonds. The summed E-state index contributed by atoms with van der Waals surface area (Å²) < 4.78 is 44.0. The van der Waals surface area contributed by atoms with E-state index in [-0.39, 0.29) is 18.4 Å². The fourth-order valence-corrected chi connectivity index (χ4v) is 3.13. The monoisotopic (exact) mass is 358 g/mol. The maximum atomic E-state index is 12.7. The minimum Gasteiger partial charge on any atom is -0.372 e. The predicted octanol–water partition coefficient (Wildman–Crippen LogP) is 1.39. The molecule has 9 heteroatoms. The highest BCUT2D eigenvalue weighted by Crippen LogP contribution is 2.26. The lowest BCUT2D eigenvalue weighted by Gasteiger charge is -2.34. The van der Waals surface area contributed by atoms with E-state index in [9.17, 15) is 18.0 Å². The van der Waals surface area contributed by atoms with Crippen LogP contribution in [0.4, 0.5) is 13.2 Å². The van der Waals surface area contributed by atoms with Crippen LogP contribution in [0.3, 0.4) is 0 Å². The first-order valence-electron chi connectivity index (χ1n) is 8.30. The van der Waals surface area contributed by atoms with Gasteiger partial charge in [0.2, 0.25) is 5.91 Å². The quantitative estimate of drug-likeness (QED) is 0.852. The van der Waals surface area contributed by atoms with E-state index < -0.39 is 18.3 Å². The van der Waals surface area contributed by atoms with Gasteiger partial charge in [-0.05, 0) is 30.9 Å². The lowest BCUT2D eigenvalue weighted by molar-refractivity contribution is -0.153. The molecule has 1 aromatic rings. The van der Waals surface area contributed by atoms with Crippen molar-refractivity contribution in [1.29, 1.82) is 0 Å². The van der Waals surface area contributed by atoms with Gasteiger partial charge in [-0.25, -0.2) is 10.9 Å². The number of likely N-dealkylation sites (tertiary alicyclic amines) is 1. The number of carbonyl (C=O) groups is 1. The number of hydrogen-bond acceptors (Lipinski definition) is 5. The summed E-state index contributed by atoms with van der Waals surface area (Å²) in [5.41, 5.74) is 5.58. The van der Waals surface area contributed by atoms with Crippen molar-refractivity contribution < 1.29 is 22.7 Å². The van der Waals surface area contributed by atoms with Crippen molar-refractivity contribution in [3.05, 3.63) is 30.1 Å². The molecule has 2 aliphatic heterocycles. The highest BCUT2D eigenvalue weighted by molar-refractivity contribution is 5.82. The Balaban J connectivity index is 1.50. The summed E-state index contributed by atoms with van der Waals surface area (Å²) in [5.74, 6) is -0.311. The van der Waals surface area contributed by atoms with Crippen LogP contribution in [0.5, 0.6) is 0 Å². The average molecular weight is 358 g/mol. The first kappa shape index (κ1) is 18.1. The number of alkyl halides is 3. The largest absolute Gasteiger partial charge is 0.405 e. The third-order valence-corrected chi connectivity index (χ3v) is 4.49. The Morgan fingerprint density at radius 1 is 1.40 bits per heavy atom. The molecule has 3 heterocycles. The zero-order chi connectivity index (χ0) is 17.9. The van der Waals surface area contributed by atoms with Crippen LogP contribution < -0.4 is 10.9 Å². The summed E-state index contributed by atoms with van der Waals surface area (Å²) in [6.45, 7) is 1.34. The summed E-state index contributed by atoms with van der Waals surface area (Å²) in [6.07, 6.45) is 0.223. The Bertz CT molecular complexity index is 584. The first-order chi connectivity index (χ1) is 11.9. The summed E-state index contributed by atoms with van der Waals surface area (Å²) in [6, 6.07) is 1.18. The number of amides is 1. The Kier molecular flexibility index (Phi) is 5.55. The average Bonchev–Trinajstić information content (AvgIpc) is 3.11. The zero-order valence-electron chi connectivity index (χ0n) is 13.6. The molecule has 0 spiro atoms. The molecule has 0 radical (unpaired) electrons. The molecule has 2 aliphatic rings. The van der Waals surface area contributed by atoms with Crippen molar-refractivity contribution >= 4 is 5.91 Å². The Morgan fingerprint density at radius 3 is 2.92 bits per heavy atom. The van der Waals surface area contributed by atoms with Gasteiger partial charge in [-0.1, -0.05) is 6.07 Å². The first-order valence-corrected chi connectivity index (χ1v) is 8.30. The van der Waals surface area contributed by atoms with Crippen LogP contribution in [-0.4, -0.2) is 53.2 Å². The van der Waals surface area contributed by atoms with E-state index in [0.29, 0.717) is 19.7 Å². The summed E-state index contributed by atoms with van der Waals surface area (Å²) >= 11 is 0. The second-order valence-corrected chi connectivity index (χ2v) is 6.39. The standard InChI is InChI=1S/C16H21F3N4O2/c17-16(18,19)14-7-13(21-22-14)15(24)23-6-2-4-12(9-23)25-10-11-3-1-5-20-8-11/h1,3,5,8,12-14,21-22H,2,4,6-7,9-10H2. The van der Waals surface area contributed by atoms with Gasteiger partial charge in [0, 0.05) is 25.5 Å². The van der Waals surface area contributed by atoms with E-state index in [1.54, 1.807) is 17.3 Å². The molecular formula is C16H21F3N4O2. The zero-order valence-corrected chi connectivity index (χ0v) is 13.6. The molecule has 3 atom stereocenters. The van der Waals surface area contributed by atoms with E-state index in [4.69, 9.17) is 4.74 Å². The van der Waals surface area contributed by atoms with Crippen molar-refractivity contribution in [2.24, 2.45) is 0 Å².